The fourth-order valence-corrected chi connectivity index (χ4v) is 2.96. The zero-order chi connectivity index (χ0) is 16.7. The summed E-state index contributed by atoms with van der Waals surface area (Å²) in [7, 11) is 0. The summed E-state index contributed by atoms with van der Waals surface area (Å²) in [5.74, 6) is -0.0646. The van der Waals surface area contributed by atoms with Crippen LogP contribution in [0.3, 0.4) is 0 Å². The van der Waals surface area contributed by atoms with E-state index in [2.05, 4.69) is 20.3 Å². The minimum atomic E-state index is -0.0646. The van der Waals surface area contributed by atoms with Crippen molar-refractivity contribution in [1.29, 1.82) is 0 Å². The number of hydrogen-bond acceptors (Lipinski definition) is 3. The standard InChI is InChI=1S/C17H14ClN5O/c1-10(24)20-7-12-4-11-5-14(18)13(6-15(11)22-12)16-9-23-3-2-19-17(23)8-21-16/h2-6,8-9,22H,7H2,1H3,(H,20,24). The molecule has 0 aliphatic rings. The smallest absolute Gasteiger partial charge is 0.217 e. The van der Waals surface area contributed by atoms with Gasteiger partial charge in [-0.3, -0.25) is 9.78 Å². The molecule has 0 saturated carbocycles. The van der Waals surface area contributed by atoms with Crippen molar-refractivity contribution in [2.45, 2.75) is 13.5 Å². The normalized spacial score (nSPS) is 11.2. The van der Waals surface area contributed by atoms with E-state index < -0.39 is 0 Å². The van der Waals surface area contributed by atoms with Crippen LogP contribution in [0.4, 0.5) is 0 Å². The number of amides is 1. The molecule has 24 heavy (non-hydrogen) atoms. The van der Waals surface area contributed by atoms with Crippen molar-refractivity contribution in [3.05, 3.63) is 53.7 Å². The first-order valence-electron chi connectivity index (χ1n) is 7.45. The molecule has 2 N–H and O–H groups in total. The molecule has 0 atom stereocenters. The maximum absolute atomic E-state index is 11.0. The van der Waals surface area contributed by atoms with Crippen LogP contribution >= 0.6 is 11.6 Å². The number of aromatic nitrogens is 4. The van der Waals surface area contributed by atoms with Gasteiger partial charge in [0, 0.05) is 47.7 Å². The van der Waals surface area contributed by atoms with E-state index in [9.17, 15) is 4.79 Å². The summed E-state index contributed by atoms with van der Waals surface area (Å²) in [5.41, 5.74) is 4.26. The van der Waals surface area contributed by atoms with Gasteiger partial charge >= 0.3 is 0 Å². The van der Waals surface area contributed by atoms with Gasteiger partial charge in [0.25, 0.3) is 0 Å². The Morgan fingerprint density at radius 2 is 2.21 bits per heavy atom. The highest BCUT2D eigenvalue weighted by atomic mass is 35.5. The zero-order valence-corrected chi connectivity index (χ0v) is 13.6. The van der Waals surface area contributed by atoms with Crippen LogP contribution < -0.4 is 5.32 Å². The van der Waals surface area contributed by atoms with E-state index in [0.29, 0.717) is 11.6 Å². The molecule has 6 nitrogen and oxygen atoms in total. The van der Waals surface area contributed by atoms with Crippen molar-refractivity contribution < 1.29 is 4.79 Å². The molecule has 4 rings (SSSR count). The van der Waals surface area contributed by atoms with Crippen LogP contribution in [0.5, 0.6) is 0 Å². The van der Waals surface area contributed by atoms with Gasteiger partial charge in [-0.05, 0) is 18.2 Å². The summed E-state index contributed by atoms with van der Waals surface area (Å²) in [6, 6.07) is 5.85. The molecule has 1 aromatic carbocycles. The second-order valence-electron chi connectivity index (χ2n) is 5.59. The lowest BCUT2D eigenvalue weighted by Gasteiger charge is -2.05. The molecule has 3 aromatic heterocycles. The number of H-pyrrole nitrogens is 1. The van der Waals surface area contributed by atoms with Gasteiger partial charge in [0.15, 0.2) is 5.65 Å². The highest BCUT2D eigenvalue weighted by Gasteiger charge is 2.10. The average molecular weight is 340 g/mol. The summed E-state index contributed by atoms with van der Waals surface area (Å²) in [6.07, 6.45) is 7.21. The van der Waals surface area contributed by atoms with Gasteiger partial charge in [-0.15, -0.1) is 0 Å². The maximum atomic E-state index is 11.0. The zero-order valence-electron chi connectivity index (χ0n) is 12.9. The van der Waals surface area contributed by atoms with Crippen LogP contribution in [0.15, 0.2) is 43.0 Å². The number of hydrogen-bond donors (Lipinski definition) is 2. The first-order valence-corrected chi connectivity index (χ1v) is 7.82. The van der Waals surface area contributed by atoms with Crippen LogP contribution in [0.25, 0.3) is 27.8 Å². The molecule has 0 bridgehead atoms. The molecule has 3 heterocycles. The van der Waals surface area contributed by atoms with E-state index in [1.165, 1.54) is 6.92 Å². The lowest BCUT2D eigenvalue weighted by atomic mass is 10.1. The van der Waals surface area contributed by atoms with Crippen molar-refractivity contribution in [1.82, 2.24) is 24.7 Å². The number of benzene rings is 1. The molecule has 7 heteroatoms. The number of carbonyl (C=O) groups excluding carboxylic acids is 1. The van der Waals surface area contributed by atoms with Gasteiger partial charge in [0.05, 0.1) is 23.5 Å². The highest BCUT2D eigenvalue weighted by Crippen LogP contribution is 2.31. The quantitative estimate of drug-likeness (QED) is 0.602. The second kappa shape index (κ2) is 5.65. The fraction of sp³-hybridized carbons (Fsp3) is 0.118. The third kappa shape index (κ3) is 2.61. The van der Waals surface area contributed by atoms with Gasteiger partial charge in [-0.2, -0.15) is 0 Å². The Balaban J connectivity index is 1.77. The monoisotopic (exact) mass is 339 g/mol. The Hall–Kier alpha value is -2.86. The topological polar surface area (TPSA) is 75.1 Å². The summed E-state index contributed by atoms with van der Waals surface area (Å²) in [4.78, 5) is 23.0. The predicted octanol–water partition coefficient (Wildman–Crippen LogP) is 3.17. The van der Waals surface area contributed by atoms with Crippen molar-refractivity contribution in [2.24, 2.45) is 0 Å². The minimum Gasteiger partial charge on any atom is -0.357 e. The first-order chi connectivity index (χ1) is 11.6. The first kappa shape index (κ1) is 14.7. The van der Waals surface area contributed by atoms with E-state index in [-0.39, 0.29) is 5.91 Å². The molecular formula is C17H14ClN5O. The van der Waals surface area contributed by atoms with Crippen molar-refractivity contribution in [3.8, 4) is 11.3 Å². The molecule has 1 amide bonds. The summed E-state index contributed by atoms with van der Waals surface area (Å²) in [6.45, 7) is 1.95. The Morgan fingerprint density at radius 1 is 1.33 bits per heavy atom. The number of imidazole rings is 1. The third-order valence-electron chi connectivity index (χ3n) is 3.85. The van der Waals surface area contributed by atoms with Crippen molar-refractivity contribution >= 4 is 34.1 Å². The van der Waals surface area contributed by atoms with Gasteiger partial charge in [0.1, 0.15) is 0 Å². The van der Waals surface area contributed by atoms with Crippen LogP contribution in [-0.2, 0) is 11.3 Å². The fourth-order valence-electron chi connectivity index (χ4n) is 2.69. The molecule has 0 aliphatic heterocycles. The molecule has 0 aliphatic carbocycles. The molecule has 0 unspecified atom stereocenters. The van der Waals surface area contributed by atoms with E-state index in [1.807, 2.05) is 35.0 Å². The number of halogens is 1. The molecule has 4 aromatic rings. The lowest BCUT2D eigenvalue weighted by molar-refractivity contribution is -0.119. The lowest BCUT2D eigenvalue weighted by Crippen LogP contribution is -2.18. The molecule has 0 radical (unpaired) electrons. The van der Waals surface area contributed by atoms with E-state index in [1.54, 1.807) is 12.4 Å². The number of aromatic amines is 1. The molecule has 0 saturated heterocycles. The third-order valence-corrected chi connectivity index (χ3v) is 4.16. The Bertz CT molecular complexity index is 1070. The van der Waals surface area contributed by atoms with Crippen molar-refractivity contribution in [3.63, 3.8) is 0 Å². The molecular weight excluding hydrogens is 326 g/mol. The van der Waals surface area contributed by atoms with Gasteiger partial charge in [0.2, 0.25) is 5.91 Å². The SMILES string of the molecule is CC(=O)NCc1cc2cc(Cl)c(-c3cn4ccnc4cn3)cc2[nH]1. The second-order valence-corrected chi connectivity index (χ2v) is 6.00. The number of fused-ring (bicyclic) bond motifs is 2. The van der Waals surface area contributed by atoms with Crippen LogP contribution in [0, 0.1) is 0 Å². The summed E-state index contributed by atoms with van der Waals surface area (Å²) >= 11 is 6.45. The van der Waals surface area contributed by atoms with E-state index >= 15 is 0 Å². The van der Waals surface area contributed by atoms with Gasteiger partial charge in [-0.25, -0.2) is 4.98 Å². The minimum absolute atomic E-state index is 0.0646. The molecule has 0 fully saturated rings. The Kier molecular flexibility index (Phi) is 3.46. The number of nitrogens with one attached hydrogen (secondary N) is 2. The van der Waals surface area contributed by atoms with E-state index in [4.69, 9.17) is 11.6 Å². The van der Waals surface area contributed by atoms with Gasteiger partial charge < -0.3 is 14.7 Å². The molecule has 0 spiro atoms. The Labute approximate surface area is 142 Å². The number of nitrogens with zero attached hydrogens (tertiary/aromatic N) is 3. The van der Waals surface area contributed by atoms with Crippen molar-refractivity contribution in [2.75, 3.05) is 0 Å². The number of carbonyl (C=O) groups is 1. The summed E-state index contributed by atoms with van der Waals surface area (Å²) < 4.78 is 1.90. The Morgan fingerprint density at radius 3 is 3.04 bits per heavy atom. The molecule has 120 valence electrons. The van der Waals surface area contributed by atoms with Gasteiger partial charge in [-0.1, -0.05) is 11.6 Å². The van der Waals surface area contributed by atoms with E-state index in [0.717, 1.165) is 33.5 Å². The largest absolute Gasteiger partial charge is 0.357 e. The summed E-state index contributed by atoms with van der Waals surface area (Å²) in [5, 5.41) is 4.39. The van der Waals surface area contributed by atoms with Crippen LogP contribution in [0.2, 0.25) is 5.02 Å². The maximum Gasteiger partial charge on any atom is 0.217 e. The highest BCUT2D eigenvalue weighted by molar-refractivity contribution is 6.34. The van der Waals surface area contributed by atoms with Crippen LogP contribution in [0.1, 0.15) is 12.6 Å². The average Bonchev–Trinajstić information content (AvgIpc) is 3.17. The van der Waals surface area contributed by atoms with Crippen LogP contribution in [-0.4, -0.2) is 25.3 Å². The number of rotatable bonds is 3. The predicted molar refractivity (Wildman–Crippen MR) is 92.8 cm³/mol.